The van der Waals surface area contributed by atoms with Crippen molar-refractivity contribution in [2.24, 2.45) is 0 Å². The maximum Gasteiger partial charge on any atom is 1.00 e. The number of phosphoric ester groups is 1. The summed E-state index contributed by atoms with van der Waals surface area (Å²) in [7, 11) is -5.07. The van der Waals surface area contributed by atoms with Crippen LogP contribution in [0.5, 0.6) is 5.75 Å². The third kappa shape index (κ3) is 15.2. The molecule has 9 nitrogen and oxygen atoms in total. The molecule has 0 fully saturated rings. The van der Waals surface area contributed by atoms with Crippen molar-refractivity contribution in [1.29, 1.82) is 0 Å². The zero-order valence-corrected chi connectivity index (χ0v) is 18.8. The molecule has 0 amide bonds. The van der Waals surface area contributed by atoms with Crippen LogP contribution in [0.4, 0.5) is 0 Å². The van der Waals surface area contributed by atoms with E-state index < -0.39 is 20.5 Å². The fraction of sp³-hybridized carbons (Fsp3) is 0.500. The summed E-state index contributed by atoms with van der Waals surface area (Å²) >= 11 is 0. The maximum atomic E-state index is 10.4. The van der Waals surface area contributed by atoms with Gasteiger partial charge >= 0.3 is 59.1 Å². The third-order valence-corrected chi connectivity index (χ3v) is 2.87. The van der Waals surface area contributed by atoms with E-state index in [4.69, 9.17) is 4.89 Å². The van der Waals surface area contributed by atoms with Gasteiger partial charge in [-0.15, -0.1) is 0 Å². The smallest absolute Gasteiger partial charge is 0.790 e. The van der Waals surface area contributed by atoms with Crippen LogP contribution in [0, 0.1) is 0 Å². The monoisotopic (exact) mass is 382 g/mol. The second-order valence-corrected chi connectivity index (χ2v) is 5.36. The van der Waals surface area contributed by atoms with E-state index in [0.717, 1.165) is 6.42 Å². The largest absolute Gasteiger partial charge is 1.00 e. The van der Waals surface area contributed by atoms with E-state index in [2.05, 4.69) is 24.5 Å². The number of phosphoric acid groups is 1. The number of para-hydroxylation sites is 1. The Morgan fingerprint density at radius 2 is 1.75 bits per heavy atom. The van der Waals surface area contributed by atoms with Crippen molar-refractivity contribution < 1.29 is 103 Å². The second kappa shape index (κ2) is 16.2. The van der Waals surface area contributed by atoms with Crippen molar-refractivity contribution in [3.8, 4) is 5.75 Å². The van der Waals surface area contributed by atoms with Crippen LogP contribution in [0.3, 0.4) is 0 Å². The summed E-state index contributed by atoms with van der Waals surface area (Å²) in [6.45, 7) is 1.45. The first-order valence-electron chi connectivity index (χ1n) is 6.56. The van der Waals surface area contributed by atoms with E-state index >= 15 is 0 Å². The Morgan fingerprint density at radius 1 is 1.08 bits per heavy atom. The Hall–Kier alpha value is 0.970. The van der Waals surface area contributed by atoms with Gasteiger partial charge in [0.25, 0.3) is 0 Å². The zero-order valence-electron chi connectivity index (χ0n) is 13.9. The normalized spacial score (nSPS) is 12.0. The molecule has 24 heavy (non-hydrogen) atoms. The molecule has 1 rings (SSSR count). The summed E-state index contributed by atoms with van der Waals surface area (Å²) in [4.78, 5) is 30.2. The first-order valence-corrected chi connectivity index (χ1v) is 8.02. The van der Waals surface area contributed by atoms with Gasteiger partial charge in [0.15, 0.2) is 5.75 Å². The Kier molecular flexibility index (Phi) is 18.3. The Balaban J connectivity index is 0. The molecule has 0 aliphatic heterocycles. The first kappa shape index (κ1) is 27.2. The predicted octanol–water partition coefficient (Wildman–Crippen LogP) is -4.80. The number of hydrogen-bond donors (Lipinski definition) is 0. The minimum absolute atomic E-state index is 0. The van der Waals surface area contributed by atoms with Gasteiger partial charge < -0.3 is 23.8 Å². The molecule has 126 valence electrons. The number of benzene rings is 1. The summed E-state index contributed by atoms with van der Waals surface area (Å²) in [5.41, 5.74) is 0. The Labute approximate surface area is 184 Å². The number of rotatable bonds is 12. The molecule has 0 saturated heterocycles. The van der Waals surface area contributed by atoms with Crippen LogP contribution in [0.25, 0.3) is 0 Å². The van der Waals surface area contributed by atoms with Crippen molar-refractivity contribution in [3.05, 3.63) is 30.3 Å². The van der Waals surface area contributed by atoms with Gasteiger partial charge in [0, 0.05) is 10.1 Å². The average molecular weight is 382 g/mol. The summed E-state index contributed by atoms with van der Waals surface area (Å²) in [5, 5.41) is 12.7. The van der Waals surface area contributed by atoms with E-state index in [9.17, 15) is 14.4 Å². The van der Waals surface area contributed by atoms with Crippen molar-refractivity contribution in [2.75, 3.05) is 6.61 Å². The van der Waals surface area contributed by atoms with Crippen LogP contribution in [0.15, 0.2) is 30.3 Å². The topological polar surface area (TPSA) is 119 Å². The molecule has 0 saturated carbocycles. The second-order valence-electron chi connectivity index (χ2n) is 4.20. The van der Waals surface area contributed by atoms with Gasteiger partial charge in [0.2, 0.25) is 0 Å². The van der Waals surface area contributed by atoms with Gasteiger partial charge in [-0.3, -0.25) is 0 Å². The molecular formula is C12H17Na2O9P. The van der Waals surface area contributed by atoms with Crippen molar-refractivity contribution in [3.63, 3.8) is 0 Å². The van der Waals surface area contributed by atoms with Crippen LogP contribution in [-0.4, -0.2) is 12.7 Å². The van der Waals surface area contributed by atoms with Gasteiger partial charge in [-0.05, 0) is 23.6 Å². The average Bonchev–Trinajstić information content (AvgIpc) is 2.49. The minimum Gasteiger partial charge on any atom is -0.790 e. The fourth-order valence-electron chi connectivity index (χ4n) is 1.38. The molecule has 0 bridgehead atoms. The molecule has 1 aromatic rings. The fourth-order valence-corrected chi connectivity index (χ4v) is 1.73. The number of unbranched alkanes of at least 4 members (excludes halogenated alkanes) is 1. The van der Waals surface area contributed by atoms with Gasteiger partial charge in [0.1, 0.15) is 6.10 Å². The zero-order chi connectivity index (χ0) is 16.3. The standard InChI is InChI=1S/C12H19O9P.2Na/c1-2-3-7-12(10-16-22(13,14)15)18-20-21-19-17-11-8-5-4-6-9-11;;/h4-6,8-9,12H,2-3,7,10H2,1H3,(H2,13,14,15);;/q;2*+1/p-2. The van der Waals surface area contributed by atoms with Gasteiger partial charge in [-0.25, -0.2) is 0 Å². The maximum absolute atomic E-state index is 10.4. The Morgan fingerprint density at radius 3 is 2.33 bits per heavy atom. The quantitative estimate of drug-likeness (QED) is 0.115. The van der Waals surface area contributed by atoms with E-state index in [0.29, 0.717) is 18.6 Å². The van der Waals surface area contributed by atoms with Crippen molar-refractivity contribution in [2.45, 2.75) is 32.3 Å². The van der Waals surface area contributed by atoms with Crippen molar-refractivity contribution >= 4 is 7.82 Å². The summed E-state index contributed by atoms with van der Waals surface area (Å²) < 4.78 is 14.5. The molecule has 1 aromatic carbocycles. The molecule has 0 heterocycles. The van der Waals surface area contributed by atoms with E-state index in [-0.39, 0.29) is 59.1 Å². The van der Waals surface area contributed by atoms with Crippen LogP contribution < -0.4 is 73.8 Å². The van der Waals surface area contributed by atoms with Crippen molar-refractivity contribution in [1.82, 2.24) is 0 Å². The summed E-state index contributed by atoms with van der Waals surface area (Å²) in [6, 6.07) is 8.46. The van der Waals surface area contributed by atoms with Crippen LogP contribution in [0.1, 0.15) is 26.2 Å². The van der Waals surface area contributed by atoms with E-state index in [1.165, 1.54) is 0 Å². The molecule has 12 heteroatoms. The Bertz CT molecular complexity index is 445. The predicted molar refractivity (Wildman–Crippen MR) is 68.3 cm³/mol. The molecule has 1 atom stereocenters. The first-order chi connectivity index (χ1) is 10.5. The van der Waals surface area contributed by atoms with Crippen LogP contribution in [0.2, 0.25) is 0 Å². The number of hydrogen-bond acceptors (Lipinski definition) is 9. The van der Waals surface area contributed by atoms with E-state index in [1.807, 2.05) is 6.92 Å². The molecular weight excluding hydrogens is 365 g/mol. The van der Waals surface area contributed by atoms with Gasteiger partial charge in [-0.2, -0.15) is 4.89 Å². The van der Waals surface area contributed by atoms with Crippen LogP contribution in [-0.2, 0) is 29.1 Å². The summed E-state index contributed by atoms with van der Waals surface area (Å²) in [6.07, 6.45) is 1.14. The molecule has 0 N–H and O–H groups in total. The molecule has 0 aliphatic carbocycles. The van der Waals surface area contributed by atoms with Crippen LogP contribution >= 0.6 is 7.82 Å². The SMILES string of the molecule is CCCCC(COP(=O)([O-])[O-])OOOOOc1ccccc1.[Na+].[Na+]. The van der Waals surface area contributed by atoms with E-state index in [1.54, 1.807) is 30.3 Å². The van der Waals surface area contributed by atoms with Gasteiger partial charge in [0.05, 0.1) is 14.4 Å². The molecule has 0 aromatic heterocycles. The summed E-state index contributed by atoms with van der Waals surface area (Å²) in [5.74, 6) is 0.371. The molecule has 0 aliphatic rings. The molecule has 0 spiro atoms. The molecule has 0 radical (unpaired) electrons. The third-order valence-electron chi connectivity index (χ3n) is 2.40. The molecule has 1 unspecified atom stereocenters. The minimum atomic E-state index is -5.07. The van der Waals surface area contributed by atoms with Gasteiger partial charge in [-0.1, -0.05) is 38.0 Å².